The minimum absolute atomic E-state index is 0.00114. The van der Waals surface area contributed by atoms with Crippen molar-refractivity contribution in [2.75, 3.05) is 13.1 Å². The van der Waals surface area contributed by atoms with Crippen LogP contribution in [0.1, 0.15) is 63.6 Å². The SMILES string of the molecule is Cc1nccn1CCC1CCN(C(=O)C[C@@H]2NC(=O)N(C3CCCCC3)C2=O)CC1. The van der Waals surface area contributed by atoms with E-state index in [0.717, 1.165) is 70.4 Å². The van der Waals surface area contributed by atoms with Gasteiger partial charge in [-0.3, -0.25) is 14.5 Å². The number of carbonyl (C=O) groups is 3. The summed E-state index contributed by atoms with van der Waals surface area (Å²) >= 11 is 0. The van der Waals surface area contributed by atoms with E-state index in [1.807, 2.05) is 24.2 Å². The Morgan fingerprint density at radius 1 is 1.13 bits per heavy atom. The summed E-state index contributed by atoms with van der Waals surface area (Å²) in [6, 6.07) is -1.02. The quantitative estimate of drug-likeness (QED) is 0.723. The second-order valence-corrected chi connectivity index (χ2v) is 8.99. The normalized spacial score (nSPS) is 23.8. The number of piperidine rings is 1. The van der Waals surface area contributed by atoms with Gasteiger partial charge in [0.05, 0.1) is 6.42 Å². The number of hydrogen-bond donors (Lipinski definition) is 1. The third-order valence-corrected chi connectivity index (χ3v) is 7.04. The fourth-order valence-electron chi connectivity index (χ4n) is 5.11. The van der Waals surface area contributed by atoms with Gasteiger partial charge in [-0.05, 0) is 44.9 Å². The Morgan fingerprint density at radius 3 is 2.53 bits per heavy atom. The summed E-state index contributed by atoms with van der Waals surface area (Å²) < 4.78 is 2.17. The number of nitrogens with one attached hydrogen (secondary N) is 1. The number of carbonyl (C=O) groups excluding carboxylic acids is 3. The topological polar surface area (TPSA) is 87.5 Å². The molecule has 8 heteroatoms. The third-order valence-electron chi connectivity index (χ3n) is 7.04. The maximum absolute atomic E-state index is 12.8. The number of likely N-dealkylation sites (tertiary alicyclic amines) is 1. The Morgan fingerprint density at radius 2 is 1.87 bits per heavy atom. The van der Waals surface area contributed by atoms with Crippen LogP contribution in [0, 0.1) is 12.8 Å². The molecule has 0 bridgehead atoms. The van der Waals surface area contributed by atoms with Crippen molar-refractivity contribution < 1.29 is 14.4 Å². The molecule has 1 N–H and O–H groups in total. The molecule has 1 aromatic rings. The van der Waals surface area contributed by atoms with Gasteiger partial charge in [0.25, 0.3) is 5.91 Å². The van der Waals surface area contributed by atoms with Gasteiger partial charge in [0.15, 0.2) is 0 Å². The first-order chi connectivity index (χ1) is 14.5. The van der Waals surface area contributed by atoms with Gasteiger partial charge in [0.1, 0.15) is 11.9 Å². The van der Waals surface area contributed by atoms with Crippen LogP contribution in [-0.2, 0) is 16.1 Å². The van der Waals surface area contributed by atoms with E-state index in [2.05, 4.69) is 14.9 Å². The molecule has 0 radical (unpaired) electrons. The molecule has 30 heavy (non-hydrogen) atoms. The number of imidazole rings is 1. The number of hydrogen-bond acceptors (Lipinski definition) is 4. The molecule has 1 aromatic heterocycles. The van der Waals surface area contributed by atoms with E-state index in [-0.39, 0.29) is 30.3 Å². The minimum atomic E-state index is -0.700. The van der Waals surface area contributed by atoms with Crippen LogP contribution in [0.3, 0.4) is 0 Å². The third kappa shape index (κ3) is 4.52. The van der Waals surface area contributed by atoms with Crippen molar-refractivity contribution in [1.82, 2.24) is 24.7 Å². The predicted octanol–water partition coefficient (Wildman–Crippen LogP) is 2.46. The first-order valence-electron chi connectivity index (χ1n) is 11.4. The molecule has 1 saturated carbocycles. The molecule has 164 valence electrons. The van der Waals surface area contributed by atoms with Crippen molar-refractivity contribution in [2.24, 2.45) is 5.92 Å². The molecule has 4 rings (SSSR count). The van der Waals surface area contributed by atoms with E-state index in [0.29, 0.717) is 5.92 Å². The maximum atomic E-state index is 12.8. The van der Waals surface area contributed by atoms with E-state index < -0.39 is 6.04 Å². The monoisotopic (exact) mass is 415 g/mol. The van der Waals surface area contributed by atoms with Crippen molar-refractivity contribution in [2.45, 2.75) is 83.3 Å². The van der Waals surface area contributed by atoms with E-state index in [4.69, 9.17) is 0 Å². The van der Waals surface area contributed by atoms with Crippen molar-refractivity contribution in [3.8, 4) is 0 Å². The van der Waals surface area contributed by atoms with Crippen LogP contribution in [-0.4, -0.2) is 62.4 Å². The highest BCUT2D eigenvalue weighted by Gasteiger charge is 2.43. The van der Waals surface area contributed by atoms with Gasteiger partial charge in [-0.2, -0.15) is 0 Å². The molecule has 0 spiro atoms. The fourth-order valence-corrected chi connectivity index (χ4v) is 5.11. The largest absolute Gasteiger partial charge is 0.343 e. The lowest BCUT2D eigenvalue weighted by atomic mass is 9.93. The fraction of sp³-hybridized carbons (Fsp3) is 0.727. The first-order valence-corrected chi connectivity index (χ1v) is 11.4. The molecule has 8 nitrogen and oxygen atoms in total. The molecule has 0 aromatic carbocycles. The summed E-state index contributed by atoms with van der Waals surface area (Å²) in [6.45, 7) is 4.44. The Labute approximate surface area is 178 Å². The highest BCUT2D eigenvalue weighted by Crippen LogP contribution is 2.27. The molecule has 3 aliphatic rings. The molecule has 2 saturated heterocycles. The van der Waals surface area contributed by atoms with Gasteiger partial charge in [-0.15, -0.1) is 0 Å². The average Bonchev–Trinajstić information content (AvgIpc) is 3.29. The summed E-state index contributed by atoms with van der Waals surface area (Å²) in [6.07, 6.45) is 12.0. The second kappa shape index (κ2) is 9.18. The number of urea groups is 1. The smallest absolute Gasteiger partial charge is 0.325 e. The van der Waals surface area contributed by atoms with Crippen molar-refractivity contribution in [3.63, 3.8) is 0 Å². The molecule has 1 aliphatic carbocycles. The zero-order valence-corrected chi connectivity index (χ0v) is 17.9. The van der Waals surface area contributed by atoms with Gasteiger partial charge in [-0.1, -0.05) is 19.3 Å². The number of nitrogens with zero attached hydrogens (tertiary/aromatic N) is 4. The lowest BCUT2D eigenvalue weighted by molar-refractivity contribution is -0.137. The van der Waals surface area contributed by atoms with Crippen LogP contribution in [0.5, 0.6) is 0 Å². The number of aromatic nitrogens is 2. The average molecular weight is 416 g/mol. The Balaban J connectivity index is 1.23. The van der Waals surface area contributed by atoms with Gasteiger partial charge in [0.2, 0.25) is 5.91 Å². The number of rotatable bonds is 6. The molecule has 3 fully saturated rings. The van der Waals surface area contributed by atoms with Crippen LogP contribution in [0.25, 0.3) is 0 Å². The summed E-state index contributed by atoms with van der Waals surface area (Å²) in [4.78, 5) is 45.4. The van der Waals surface area contributed by atoms with E-state index in [9.17, 15) is 14.4 Å². The highest BCUT2D eigenvalue weighted by molar-refractivity contribution is 6.06. The van der Waals surface area contributed by atoms with Gasteiger partial charge < -0.3 is 14.8 Å². The zero-order chi connectivity index (χ0) is 21.1. The van der Waals surface area contributed by atoms with Gasteiger partial charge in [-0.25, -0.2) is 9.78 Å². The molecular weight excluding hydrogens is 382 g/mol. The summed E-state index contributed by atoms with van der Waals surface area (Å²) in [5.41, 5.74) is 0. The molecule has 4 amide bonds. The van der Waals surface area contributed by atoms with E-state index in [1.54, 1.807) is 0 Å². The van der Waals surface area contributed by atoms with Crippen LogP contribution >= 0.6 is 0 Å². The lowest BCUT2D eigenvalue weighted by Crippen LogP contribution is -2.44. The van der Waals surface area contributed by atoms with Crippen molar-refractivity contribution in [1.29, 1.82) is 0 Å². The van der Waals surface area contributed by atoms with Crippen LogP contribution in [0.15, 0.2) is 12.4 Å². The van der Waals surface area contributed by atoms with Crippen molar-refractivity contribution >= 4 is 17.8 Å². The van der Waals surface area contributed by atoms with Crippen LogP contribution in [0.2, 0.25) is 0 Å². The van der Waals surface area contributed by atoms with Crippen molar-refractivity contribution in [3.05, 3.63) is 18.2 Å². The van der Waals surface area contributed by atoms with E-state index in [1.165, 1.54) is 11.3 Å². The first kappa shape index (κ1) is 20.9. The Kier molecular flexibility index (Phi) is 6.39. The van der Waals surface area contributed by atoms with Crippen LogP contribution in [0.4, 0.5) is 4.79 Å². The number of aryl methyl sites for hydroxylation is 2. The number of imide groups is 1. The van der Waals surface area contributed by atoms with Crippen LogP contribution < -0.4 is 5.32 Å². The predicted molar refractivity (Wildman–Crippen MR) is 112 cm³/mol. The van der Waals surface area contributed by atoms with Gasteiger partial charge >= 0.3 is 6.03 Å². The zero-order valence-electron chi connectivity index (χ0n) is 17.9. The van der Waals surface area contributed by atoms with Gasteiger partial charge in [0, 0.05) is 38.1 Å². The highest BCUT2D eigenvalue weighted by atomic mass is 16.2. The summed E-state index contributed by atoms with van der Waals surface area (Å²) in [5.74, 6) is 1.40. The second-order valence-electron chi connectivity index (χ2n) is 8.99. The summed E-state index contributed by atoms with van der Waals surface area (Å²) in [5, 5.41) is 2.75. The Bertz CT molecular complexity index is 777. The number of amides is 4. The standard InChI is InChI=1S/C22H33N5O3/c1-16-23-10-14-25(16)11-7-17-8-12-26(13-9-17)20(28)15-19-21(29)27(22(30)24-19)18-5-3-2-4-6-18/h10,14,17-19H,2-9,11-13,15H2,1H3,(H,24,30)/t19-/m0/s1. The molecule has 3 heterocycles. The summed E-state index contributed by atoms with van der Waals surface area (Å²) in [7, 11) is 0. The maximum Gasteiger partial charge on any atom is 0.325 e. The van der Waals surface area contributed by atoms with E-state index >= 15 is 0 Å². The lowest BCUT2D eigenvalue weighted by Gasteiger charge is -2.32. The molecule has 2 aliphatic heterocycles. The Hall–Kier alpha value is -2.38. The minimum Gasteiger partial charge on any atom is -0.343 e. The molecule has 1 atom stereocenters. The molecule has 0 unspecified atom stereocenters. The molecular formula is C22H33N5O3.